The third kappa shape index (κ3) is 2.82. The Morgan fingerprint density at radius 3 is 2.67 bits per heavy atom. The van der Waals surface area contributed by atoms with E-state index in [1.807, 2.05) is 24.1 Å². The molecule has 0 aliphatic heterocycles. The highest BCUT2D eigenvalue weighted by molar-refractivity contribution is 5.79. The van der Waals surface area contributed by atoms with E-state index in [1.54, 1.807) is 12.1 Å². The number of carbonyl (C=O) groups excluding carboxylic acids is 1. The number of hydrogen-bond acceptors (Lipinski definition) is 1. The summed E-state index contributed by atoms with van der Waals surface area (Å²) in [6.07, 6.45) is 2.31. The Kier molecular flexibility index (Phi) is 3.74. The van der Waals surface area contributed by atoms with Crippen molar-refractivity contribution in [3.05, 3.63) is 71.0 Å². The van der Waals surface area contributed by atoms with Gasteiger partial charge in [-0.3, -0.25) is 4.79 Å². The molecule has 0 unspecified atom stereocenters. The number of rotatable bonds is 3. The predicted molar refractivity (Wildman–Crippen MR) is 80.4 cm³/mol. The zero-order valence-electron chi connectivity index (χ0n) is 12.1. The van der Waals surface area contributed by atoms with Gasteiger partial charge in [-0.25, -0.2) is 4.39 Å². The van der Waals surface area contributed by atoms with Crippen LogP contribution in [0.4, 0.5) is 4.39 Å². The molecule has 0 fully saturated rings. The van der Waals surface area contributed by atoms with E-state index in [9.17, 15) is 9.18 Å². The molecule has 0 bridgehead atoms. The number of halogens is 1. The smallest absolute Gasteiger partial charge is 0.227 e. The first-order valence-corrected chi connectivity index (χ1v) is 7.23. The first-order valence-electron chi connectivity index (χ1n) is 7.23. The van der Waals surface area contributed by atoms with Crippen LogP contribution in [-0.2, 0) is 17.6 Å². The highest BCUT2D eigenvalue weighted by Crippen LogP contribution is 2.34. The second-order valence-electron chi connectivity index (χ2n) is 5.56. The van der Waals surface area contributed by atoms with Crippen LogP contribution < -0.4 is 0 Å². The van der Waals surface area contributed by atoms with Crippen LogP contribution in [0.1, 0.15) is 29.2 Å². The van der Waals surface area contributed by atoms with Crippen LogP contribution in [0.15, 0.2) is 48.5 Å². The summed E-state index contributed by atoms with van der Waals surface area (Å²) in [5.74, 6) is -0.201. The van der Waals surface area contributed by atoms with Crippen molar-refractivity contribution < 1.29 is 9.18 Å². The standard InChI is InChI=1S/C18H18FNO/c1-20(17-11-8-14-4-2-3-5-16(14)17)18(21)12-13-6-9-15(19)10-7-13/h2-7,9-10,17H,8,11-12H2,1H3/t17-/m1/s1. The van der Waals surface area contributed by atoms with Gasteiger partial charge in [0.1, 0.15) is 5.82 Å². The fourth-order valence-electron chi connectivity index (χ4n) is 3.01. The lowest BCUT2D eigenvalue weighted by molar-refractivity contribution is -0.131. The van der Waals surface area contributed by atoms with Gasteiger partial charge in [0, 0.05) is 7.05 Å². The molecular formula is C18H18FNO. The number of nitrogens with zero attached hydrogens (tertiary/aromatic N) is 1. The minimum absolute atomic E-state index is 0.0725. The van der Waals surface area contributed by atoms with E-state index in [-0.39, 0.29) is 17.8 Å². The summed E-state index contributed by atoms with van der Waals surface area (Å²) in [4.78, 5) is 14.3. The second-order valence-corrected chi connectivity index (χ2v) is 5.56. The van der Waals surface area contributed by atoms with Gasteiger partial charge in [-0.15, -0.1) is 0 Å². The van der Waals surface area contributed by atoms with Crippen molar-refractivity contribution in [1.82, 2.24) is 4.90 Å². The number of carbonyl (C=O) groups is 1. The van der Waals surface area contributed by atoms with Gasteiger partial charge in [0.15, 0.2) is 0 Å². The quantitative estimate of drug-likeness (QED) is 0.844. The van der Waals surface area contributed by atoms with Crippen LogP contribution in [0.25, 0.3) is 0 Å². The van der Waals surface area contributed by atoms with Crippen LogP contribution >= 0.6 is 0 Å². The third-order valence-electron chi connectivity index (χ3n) is 4.23. The lowest BCUT2D eigenvalue weighted by Crippen LogP contribution is -2.31. The average Bonchev–Trinajstić information content (AvgIpc) is 2.92. The summed E-state index contributed by atoms with van der Waals surface area (Å²) in [5.41, 5.74) is 3.44. The van der Waals surface area contributed by atoms with Gasteiger partial charge in [0.25, 0.3) is 0 Å². The molecule has 1 aliphatic rings. The Morgan fingerprint density at radius 2 is 1.90 bits per heavy atom. The molecule has 1 amide bonds. The third-order valence-corrected chi connectivity index (χ3v) is 4.23. The second kappa shape index (κ2) is 5.68. The molecule has 0 spiro atoms. The molecule has 2 nitrogen and oxygen atoms in total. The maximum atomic E-state index is 12.9. The van der Waals surface area contributed by atoms with Crippen molar-refractivity contribution >= 4 is 5.91 Å². The van der Waals surface area contributed by atoms with E-state index in [2.05, 4.69) is 12.1 Å². The summed E-state index contributed by atoms with van der Waals surface area (Å²) in [6.45, 7) is 0. The highest BCUT2D eigenvalue weighted by Gasteiger charge is 2.28. The number of aryl methyl sites for hydroxylation is 1. The van der Waals surface area contributed by atoms with Crippen LogP contribution in [0.3, 0.4) is 0 Å². The fraction of sp³-hybridized carbons (Fsp3) is 0.278. The molecule has 0 N–H and O–H groups in total. The Labute approximate surface area is 124 Å². The van der Waals surface area contributed by atoms with E-state index < -0.39 is 0 Å². The van der Waals surface area contributed by atoms with E-state index in [0.717, 1.165) is 18.4 Å². The van der Waals surface area contributed by atoms with E-state index in [1.165, 1.54) is 23.3 Å². The number of hydrogen-bond donors (Lipinski definition) is 0. The normalized spacial score (nSPS) is 16.6. The molecule has 0 saturated heterocycles. The molecule has 108 valence electrons. The van der Waals surface area contributed by atoms with Crippen molar-refractivity contribution in [2.45, 2.75) is 25.3 Å². The molecule has 2 aromatic rings. The van der Waals surface area contributed by atoms with Gasteiger partial charge in [0.05, 0.1) is 12.5 Å². The molecule has 3 heteroatoms. The zero-order valence-corrected chi connectivity index (χ0v) is 12.1. The van der Waals surface area contributed by atoms with Gasteiger partial charge >= 0.3 is 0 Å². The maximum absolute atomic E-state index is 12.9. The van der Waals surface area contributed by atoms with Crippen molar-refractivity contribution in [2.75, 3.05) is 7.05 Å². The lowest BCUT2D eigenvalue weighted by Gasteiger charge is -2.25. The molecule has 1 aliphatic carbocycles. The van der Waals surface area contributed by atoms with Gasteiger partial charge in [-0.1, -0.05) is 36.4 Å². The molecular weight excluding hydrogens is 265 g/mol. The van der Waals surface area contributed by atoms with Crippen molar-refractivity contribution in [1.29, 1.82) is 0 Å². The number of likely N-dealkylation sites (N-methyl/N-ethyl adjacent to an activating group) is 1. The molecule has 2 aromatic carbocycles. The molecule has 0 aromatic heterocycles. The van der Waals surface area contributed by atoms with Crippen LogP contribution in [0.5, 0.6) is 0 Å². The van der Waals surface area contributed by atoms with E-state index >= 15 is 0 Å². The number of benzene rings is 2. The minimum Gasteiger partial charge on any atom is -0.338 e. The first kappa shape index (κ1) is 13.8. The minimum atomic E-state index is -0.274. The topological polar surface area (TPSA) is 20.3 Å². The Bertz CT molecular complexity index is 651. The van der Waals surface area contributed by atoms with Crippen LogP contribution in [0.2, 0.25) is 0 Å². The monoisotopic (exact) mass is 283 g/mol. The van der Waals surface area contributed by atoms with Crippen LogP contribution in [0, 0.1) is 5.82 Å². The predicted octanol–water partition coefficient (Wildman–Crippen LogP) is 3.51. The van der Waals surface area contributed by atoms with Gasteiger partial charge in [-0.2, -0.15) is 0 Å². The summed E-state index contributed by atoms with van der Waals surface area (Å²) in [5, 5.41) is 0. The summed E-state index contributed by atoms with van der Waals surface area (Å²) >= 11 is 0. The summed E-state index contributed by atoms with van der Waals surface area (Å²) < 4.78 is 12.9. The largest absolute Gasteiger partial charge is 0.338 e. The van der Waals surface area contributed by atoms with Crippen LogP contribution in [-0.4, -0.2) is 17.9 Å². The highest BCUT2D eigenvalue weighted by atomic mass is 19.1. The molecule has 3 rings (SSSR count). The summed E-state index contributed by atoms with van der Waals surface area (Å²) in [6, 6.07) is 14.6. The number of fused-ring (bicyclic) bond motifs is 1. The molecule has 21 heavy (non-hydrogen) atoms. The van der Waals surface area contributed by atoms with Gasteiger partial charge in [0.2, 0.25) is 5.91 Å². The fourth-order valence-corrected chi connectivity index (χ4v) is 3.01. The van der Waals surface area contributed by atoms with Gasteiger partial charge < -0.3 is 4.90 Å². The SMILES string of the molecule is CN(C(=O)Cc1ccc(F)cc1)[C@@H]1CCc2ccccc21. The molecule has 1 atom stereocenters. The Hall–Kier alpha value is -2.16. The average molecular weight is 283 g/mol. The van der Waals surface area contributed by atoms with Crippen molar-refractivity contribution in [3.8, 4) is 0 Å². The van der Waals surface area contributed by atoms with Crippen molar-refractivity contribution in [3.63, 3.8) is 0 Å². The first-order chi connectivity index (χ1) is 10.1. The van der Waals surface area contributed by atoms with E-state index in [0.29, 0.717) is 6.42 Å². The lowest BCUT2D eigenvalue weighted by atomic mass is 10.1. The van der Waals surface area contributed by atoms with Gasteiger partial charge in [-0.05, 0) is 41.7 Å². The maximum Gasteiger partial charge on any atom is 0.227 e. The Morgan fingerprint density at radius 1 is 1.19 bits per heavy atom. The molecule has 0 heterocycles. The number of amides is 1. The van der Waals surface area contributed by atoms with E-state index in [4.69, 9.17) is 0 Å². The van der Waals surface area contributed by atoms with Crippen molar-refractivity contribution in [2.24, 2.45) is 0 Å². The Balaban J connectivity index is 1.72. The summed E-state index contributed by atoms with van der Waals surface area (Å²) in [7, 11) is 1.86. The molecule has 0 saturated carbocycles. The molecule has 0 radical (unpaired) electrons. The zero-order chi connectivity index (χ0) is 14.8.